The molecule has 9 heteroatoms. The quantitative estimate of drug-likeness (QED) is 0.590. The molecule has 2 fully saturated rings. The lowest BCUT2D eigenvalue weighted by atomic mass is 9.74. The Morgan fingerprint density at radius 3 is 2.57 bits per heavy atom. The molecule has 3 aliphatic heterocycles. The molecular weight excluding hydrogens is 446 g/mol. The summed E-state index contributed by atoms with van der Waals surface area (Å²) in [4.78, 5) is 58.6. The highest BCUT2D eigenvalue weighted by Gasteiger charge is 2.41. The number of amides is 4. The molecule has 4 heterocycles. The van der Waals surface area contributed by atoms with E-state index in [1.165, 1.54) is 0 Å². The van der Waals surface area contributed by atoms with Crippen molar-refractivity contribution in [3.63, 3.8) is 0 Å². The largest absolute Gasteiger partial charge is 0.351 e. The molecule has 4 amide bonds. The lowest BCUT2D eigenvalue weighted by molar-refractivity contribution is -0.140. The van der Waals surface area contributed by atoms with E-state index in [2.05, 4.69) is 27.8 Å². The van der Waals surface area contributed by atoms with Gasteiger partial charge in [-0.25, -0.2) is 4.98 Å². The van der Waals surface area contributed by atoms with Gasteiger partial charge in [0.1, 0.15) is 5.69 Å². The lowest BCUT2D eigenvalue weighted by Crippen LogP contribution is -2.55. The van der Waals surface area contributed by atoms with Gasteiger partial charge >= 0.3 is 0 Å². The molecule has 4 rings (SSSR count). The Kier molecular flexibility index (Phi) is 7.52. The summed E-state index contributed by atoms with van der Waals surface area (Å²) in [5, 5.41) is 5.93. The van der Waals surface area contributed by atoms with Gasteiger partial charge in [0, 0.05) is 50.8 Å². The van der Waals surface area contributed by atoms with Crippen LogP contribution in [0.15, 0.2) is 30.4 Å². The highest BCUT2D eigenvalue weighted by atomic mass is 16.2. The zero-order valence-electron chi connectivity index (χ0n) is 20.6. The normalized spacial score (nSPS) is 26.0. The predicted molar refractivity (Wildman–Crippen MR) is 130 cm³/mol. The minimum Gasteiger partial charge on any atom is -0.351 e. The summed E-state index contributed by atoms with van der Waals surface area (Å²) in [6, 6.07) is 5.38. The van der Waals surface area contributed by atoms with Gasteiger partial charge in [-0.05, 0) is 51.2 Å². The number of nitrogens with zero attached hydrogens (tertiary/aromatic N) is 3. The predicted octanol–water partition coefficient (Wildman–Crippen LogP) is 1.43. The van der Waals surface area contributed by atoms with Crippen LogP contribution in [0.4, 0.5) is 0 Å². The molecule has 0 saturated carbocycles. The minimum atomic E-state index is -0.618. The van der Waals surface area contributed by atoms with Crippen molar-refractivity contribution >= 4 is 23.6 Å². The first-order valence-electron chi connectivity index (χ1n) is 12.5. The van der Waals surface area contributed by atoms with Gasteiger partial charge in [0.2, 0.25) is 17.7 Å². The maximum atomic E-state index is 13.1. The molecule has 0 radical (unpaired) electrons. The number of fused-ring (bicyclic) bond motifs is 1. The van der Waals surface area contributed by atoms with Crippen molar-refractivity contribution in [3.05, 3.63) is 41.7 Å². The molecule has 188 valence electrons. The molecule has 2 saturated heterocycles. The van der Waals surface area contributed by atoms with Crippen molar-refractivity contribution in [1.82, 2.24) is 25.4 Å². The van der Waals surface area contributed by atoms with Crippen LogP contribution in [0.2, 0.25) is 0 Å². The summed E-state index contributed by atoms with van der Waals surface area (Å²) in [5.74, 6) is -0.329. The second kappa shape index (κ2) is 10.6. The van der Waals surface area contributed by atoms with Gasteiger partial charge in [-0.15, -0.1) is 0 Å². The molecule has 1 spiro atoms. The SMILES string of the molecule is CC(=O)N1CCC2(C/C=C/C[C@H]3CN(C(=O)c4cccc(C)n4)CC[C@H]3NC(=O)CNC2=O)CC1. The number of aromatic nitrogens is 1. The van der Waals surface area contributed by atoms with Gasteiger partial charge in [-0.1, -0.05) is 18.2 Å². The molecule has 0 aliphatic carbocycles. The van der Waals surface area contributed by atoms with Crippen molar-refractivity contribution in [3.8, 4) is 0 Å². The van der Waals surface area contributed by atoms with E-state index in [1.54, 1.807) is 17.9 Å². The van der Waals surface area contributed by atoms with Gasteiger partial charge in [0.05, 0.1) is 12.0 Å². The topological polar surface area (TPSA) is 112 Å². The Balaban J connectivity index is 1.47. The molecule has 1 aromatic rings. The number of aryl methyl sites for hydroxylation is 1. The van der Waals surface area contributed by atoms with E-state index in [-0.39, 0.29) is 42.1 Å². The van der Waals surface area contributed by atoms with E-state index >= 15 is 0 Å². The molecule has 0 bridgehead atoms. The first-order valence-corrected chi connectivity index (χ1v) is 12.5. The van der Waals surface area contributed by atoms with Crippen LogP contribution >= 0.6 is 0 Å². The van der Waals surface area contributed by atoms with Crippen LogP contribution in [0, 0.1) is 18.3 Å². The average Bonchev–Trinajstić information content (AvgIpc) is 2.85. The van der Waals surface area contributed by atoms with Crippen LogP contribution in [0.5, 0.6) is 0 Å². The number of allylic oxidation sites excluding steroid dienone is 2. The van der Waals surface area contributed by atoms with E-state index in [1.807, 2.05) is 24.0 Å². The summed E-state index contributed by atoms with van der Waals surface area (Å²) < 4.78 is 0. The fraction of sp³-hybridized carbons (Fsp3) is 0.577. The molecule has 0 unspecified atom stereocenters. The monoisotopic (exact) mass is 481 g/mol. The standard InChI is InChI=1S/C26H35N5O4/c1-18-6-5-8-22(28-18)24(34)31-13-9-21-20(17-31)7-3-4-10-26(25(35)27-16-23(33)29-21)11-14-30(15-12-26)19(2)32/h3-6,8,20-21H,7,9-17H2,1-2H3,(H,27,35)(H,29,33)/b4-3+/t20-,21+/m0/s1. The molecule has 1 aromatic heterocycles. The zero-order chi connectivity index (χ0) is 25.0. The van der Waals surface area contributed by atoms with Crippen molar-refractivity contribution in [1.29, 1.82) is 0 Å². The number of carbonyl (C=O) groups is 4. The molecule has 9 nitrogen and oxygen atoms in total. The smallest absolute Gasteiger partial charge is 0.272 e. The molecular formula is C26H35N5O4. The second-order valence-corrected chi connectivity index (χ2v) is 10.0. The third-order valence-corrected chi connectivity index (χ3v) is 7.65. The number of nitrogens with one attached hydrogen (secondary N) is 2. The van der Waals surface area contributed by atoms with E-state index in [9.17, 15) is 19.2 Å². The van der Waals surface area contributed by atoms with Crippen LogP contribution in [-0.2, 0) is 14.4 Å². The number of rotatable bonds is 1. The maximum absolute atomic E-state index is 13.1. The highest BCUT2D eigenvalue weighted by molar-refractivity contribution is 5.92. The summed E-state index contributed by atoms with van der Waals surface area (Å²) in [7, 11) is 0. The van der Waals surface area contributed by atoms with E-state index in [0.717, 1.165) is 5.69 Å². The van der Waals surface area contributed by atoms with Gasteiger partial charge in [-0.3, -0.25) is 19.2 Å². The zero-order valence-corrected chi connectivity index (χ0v) is 20.6. The fourth-order valence-electron chi connectivity index (χ4n) is 5.43. The van der Waals surface area contributed by atoms with Gasteiger partial charge < -0.3 is 20.4 Å². The number of pyridine rings is 1. The Labute approximate surface area is 206 Å². The van der Waals surface area contributed by atoms with E-state index in [4.69, 9.17) is 0 Å². The van der Waals surface area contributed by atoms with Crippen molar-refractivity contribution in [2.75, 3.05) is 32.7 Å². The molecule has 2 atom stereocenters. The third kappa shape index (κ3) is 5.71. The van der Waals surface area contributed by atoms with Crippen LogP contribution in [-0.4, -0.2) is 77.2 Å². The number of piperidine rings is 2. The summed E-state index contributed by atoms with van der Waals surface area (Å²) in [6.07, 6.45) is 7.21. The van der Waals surface area contributed by atoms with Crippen molar-refractivity contribution in [2.45, 2.75) is 52.0 Å². The van der Waals surface area contributed by atoms with Crippen LogP contribution in [0.1, 0.15) is 55.2 Å². The van der Waals surface area contributed by atoms with E-state index < -0.39 is 5.41 Å². The molecule has 0 aromatic carbocycles. The summed E-state index contributed by atoms with van der Waals surface area (Å²) >= 11 is 0. The fourth-order valence-corrected chi connectivity index (χ4v) is 5.43. The number of likely N-dealkylation sites (tertiary alicyclic amines) is 2. The first-order chi connectivity index (χ1) is 16.8. The maximum Gasteiger partial charge on any atom is 0.272 e. The van der Waals surface area contributed by atoms with Crippen LogP contribution < -0.4 is 10.6 Å². The Morgan fingerprint density at radius 1 is 1.09 bits per heavy atom. The number of hydrogen-bond donors (Lipinski definition) is 2. The number of hydrogen-bond acceptors (Lipinski definition) is 5. The van der Waals surface area contributed by atoms with E-state index in [0.29, 0.717) is 64.0 Å². The van der Waals surface area contributed by atoms with Crippen LogP contribution in [0.3, 0.4) is 0 Å². The molecule has 35 heavy (non-hydrogen) atoms. The van der Waals surface area contributed by atoms with Crippen molar-refractivity contribution < 1.29 is 19.2 Å². The average molecular weight is 482 g/mol. The lowest BCUT2D eigenvalue weighted by Gasteiger charge is -2.41. The Bertz CT molecular complexity index is 1010. The molecule has 2 N–H and O–H groups in total. The van der Waals surface area contributed by atoms with Gasteiger partial charge in [0.25, 0.3) is 5.91 Å². The summed E-state index contributed by atoms with van der Waals surface area (Å²) in [6.45, 7) is 5.50. The van der Waals surface area contributed by atoms with Crippen molar-refractivity contribution in [2.24, 2.45) is 11.3 Å². The van der Waals surface area contributed by atoms with Gasteiger partial charge in [0.15, 0.2) is 0 Å². The highest BCUT2D eigenvalue weighted by Crippen LogP contribution is 2.36. The second-order valence-electron chi connectivity index (χ2n) is 10.0. The Morgan fingerprint density at radius 2 is 1.86 bits per heavy atom. The third-order valence-electron chi connectivity index (χ3n) is 7.65. The molecule has 3 aliphatic rings. The Hall–Kier alpha value is -3.23. The summed E-state index contributed by atoms with van der Waals surface area (Å²) in [5.41, 5.74) is 0.627. The van der Waals surface area contributed by atoms with Crippen LogP contribution in [0.25, 0.3) is 0 Å². The minimum absolute atomic E-state index is 0.0200. The first kappa shape index (κ1) is 24.9. The number of carbonyl (C=O) groups excluding carboxylic acids is 4. The van der Waals surface area contributed by atoms with Gasteiger partial charge in [-0.2, -0.15) is 0 Å².